The maximum absolute atomic E-state index is 12.3. The number of carboxylic acids is 1. The zero-order valence-electron chi connectivity index (χ0n) is 11.5. The Bertz CT molecular complexity index is 524. The molecular weight excluding hydrogens is 246 g/mol. The van der Waals surface area contributed by atoms with Crippen molar-refractivity contribution < 1.29 is 19.1 Å². The molecule has 2 N–H and O–H groups in total. The second-order valence-corrected chi connectivity index (χ2v) is 5.26. The fraction of sp³-hybridized carbons (Fsp3) is 0.571. The quantitative estimate of drug-likeness (QED) is 0.879. The summed E-state index contributed by atoms with van der Waals surface area (Å²) in [5.41, 5.74) is 0.125. The smallest absolute Gasteiger partial charge is 0.329 e. The molecule has 0 aromatic carbocycles. The minimum Gasteiger partial charge on any atom is -0.480 e. The summed E-state index contributed by atoms with van der Waals surface area (Å²) in [5, 5.41) is 12.1. The normalized spacial score (nSPS) is 17.4. The molecule has 5 heteroatoms. The van der Waals surface area contributed by atoms with Crippen molar-refractivity contribution >= 4 is 11.9 Å². The summed E-state index contributed by atoms with van der Waals surface area (Å²) >= 11 is 0. The van der Waals surface area contributed by atoms with Crippen LogP contribution < -0.4 is 5.32 Å². The lowest BCUT2D eigenvalue weighted by atomic mass is 9.96. The van der Waals surface area contributed by atoms with Crippen LogP contribution in [0.4, 0.5) is 0 Å². The Morgan fingerprint density at radius 2 is 1.74 bits per heavy atom. The SMILES string of the molecule is Cc1oc(C)c(C(=O)NC2(C(=O)O)CCCC2)c1C. The molecule has 5 nitrogen and oxygen atoms in total. The van der Waals surface area contributed by atoms with E-state index in [0.29, 0.717) is 29.9 Å². The highest BCUT2D eigenvalue weighted by Crippen LogP contribution is 2.31. The van der Waals surface area contributed by atoms with Gasteiger partial charge in [-0.2, -0.15) is 0 Å². The van der Waals surface area contributed by atoms with Crippen molar-refractivity contribution in [1.82, 2.24) is 5.32 Å². The van der Waals surface area contributed by atoms with Gasteiger partial charge in [0, 0.05) is 5.56 Å². The largest absolute Gasteiger partial charge is 0.480 e. The lowest BCUT2D eigenvalue weighted by Gasteiger charge is -2.25. The van der Waals surface area contributed by atoms with Gasteiger partial charge in [-0.25, -0.2) is 4.79 Å². The molecular formula is C14H19NO4. The molecule has 2 rings (SSSR count). The molecule has 1 fully saturated rings. The number of hydrogen-bond donors (Lipinski definition) is 2. The highest BCUT2D eigenvalue weighted by Gasteiger charge is 2.43. The summed E-state index contributed by atoms with van der Waals surface area (Å²) in [4.78, 5) is 23.8. The average molecular weight is 265 g/mol. The summed E-state index contributed by atoms with van der Waals surface area (Å²) in [6, 6.07) is 0. The predicted octanol–water partition coefficient (Wildman–Crippen LogP) is 2.33. The van der Waals surface area contributed by atoms with E-state index in [1.807, 2.05) is 6.92 Å². The Kier molecular flexibility index (Phi) is 3.39. The van der Waals surface area contributed by atoms with Gasteiger partial charge in [0.2, 0.25) is 0 Å². The molecule has 1 aliphatic rings. The Balaban J connectivity index is 2.28. The van der Waals surface area contributed by atoms with Crippen molar-refractivity contribution in [2.75, 3.05) is 0 Å². The van der Waals surface area contributed by atoms with Crippen LogP contribution in [0.2, 0.25) is 0 Å². The summed E-state index contributed by atoms with van der Waals surface area (Å²) in [6.45, 7) is 5.32. The number of carboxylic acid groups (broad SMARTS) is 1. The summed E-state index contributed by atoms with van der Waals surface area (Å²) in [6.07, 6.45) is 2.63. The first kappa shape index (κ1) is 13.6. The first-order chi connectivity index (χ1) is 8.87. The van der Waals surface area contributed by atoms with Crippen molar-refractivity contribution in [3.8, 4) is 0 Å². The first-order valence-electron chi connectivity index (χ1n) is 6.50. The van der Waals surface area contributed by atoms with Crippen LogP contribution in [0.5, 0.6) is 0 Å². The molecule has 1 aliphatic carbocycles. The molecule has 0 unspecified atom stereocenters. The zero-order chi connectivity index (χ0) is 14.2. The number of furan rings is 1. The molecule has 0 spiro atoms. The van der Waals surface area contributed by atoms with Gasteiger partial charge >= 0.3 is 5.97 Å². The summed E-state index contributed by atoms with van der Waals surface area (Å²) in [5.74, 6) is -0.0745. The number of hydrogen-bond acceptors (Lipinski definition) is 3. The third-order valence-corrected chi connectivity index (χ3v) is 4.01. The van der Waals surface area contributed by atoms with Crippen molar-refractivity contribution in [3.05, 3.63) is 22.6 Å². The van der Waals surface area contributed by atoms with E-state index in [2.05, 4.69) is 5.32 Å². The van der Waals surface area contributed by atoms with Gasteiger partial charge in [0.25, 0.3) is 5.91 Å². The fourth-order valence-corrected chi connectivity index (χ4v) is 2.78. The lowest BCUT2D eigenvalue weighted by molar-refractivity contribution is -0.144. The highest BCUT2D eigenvalue weighted by atomic mass is 16.4. The van der Waals surface area contributed by atoms with Crippen LogP contribution in [-0.4, -0.2) is 22.5 Å². The lowest BCUT2D eigenvalue weighted by Crippen LogP contribution is -2.52. The second-order valence-electron chi connectivity index (χ2n) is 5.26. The molecule has 0 radical (unpaired) electrons. The Morgan fingerprint density at radius 3 is 2.16 bits per heavy atom. The highest BCUT2D eigenvalue weighted by molar-refractivity contribution is 6.00. The van der Waals surface area contributed by atoms with Crippen LogP contribution in [0.25, 0.3) is 0 Å². The van der Waals surface area contributed by atoms with Crippen LogP contribution in [0.15, 0.2) is 4.42 Å². The number of carbonyl (C=O) groups excluding carboxylic acids is 1. The number of aryl methyl sites for hydroxylation is 2. The molecule has 104 valence electrons. The van der Waals surface area contributed by atoms with Gasteiger partial charge in [-0.3, -0.25) is 4.79 Å². The number of aliphatic carboxylic acids is 1. The fourth-order valence-electron chi connectivity index (χ4n) is 2.78. The van der Waals surface area contributed by atoms with Crippen LogP contribution in [0.1, 0.15) is 53.1 Å². The van der Waals surface area contributed by atoms with Crippen molar-refractivity contribution in [3.63, 3.8) is 0 Å². The number of carbonyl (C=O) groups is 2. The van der Waals surface area contributed by atoms with E-state index in [9.17, 15) is 14.7 Å². The summed E-state index contributed by atoms with van der Waals surface area (Å²) < 4.78 is 5.42. The third kappa shape index (κ3) is 2.25. The molecule has 1 saturated carbocycles. The maximum atomic E-state index is 12.3. The Hall–Kier alpha value is -1.78. The number of rotatable bonds is 3. The molecule has 1 aromatic rings. The van der Waals surface area contributed by atoms with Gasteiger partial charge < -0.3 is 14.8 Å². The van der Waals surface area contributed by atoms with E-state index >= 15 is 0 Å². The molecule has 0 bridgehead atoms. The van der Waals surface area contributed by atoms with E-state index in [-0.39, 0.29) is 5.91 Å². The van der Waals surface area contributed by atoms with Crippen molar-refractivity contribution in [1.29, 1.82) is 0 Å². The van der Waals surface area contributed by atoms with E-state index < -0.39 is 11.5 Å². The van der Waals surface area contributed by atoms with E-state index in [0.717, 1.165) is 18.4 Å². The Morgan fingerprint density at radius 1 is 1.16 bits per heavy atom. The van der Waals surface area contributed by atoms with Crippen molar-refractivity contribution in [2.24, 2.45) is 0 Å². The molecule has 0 aliphatic heterocycles. The molecule has 1 heterocycles. The van der Waals surface area contributed by atoms with Crippen molar-refractivity contribution in [2.45, 2.75) is 52.0 Å². The van der Waals surface area contributed by atoms with E-state index in [4.69, 9.17) is 4.42 Å². The Labute approximate surface area is 112 Å². The van der Waals surface area contributed by atoms with Gasteiger partial charge in [0.05, 0.1) is 5.56 Å². The molecule has 1 aromatic heterocycles. The number of amides is 1. The second kappa shape index (κ2) is 4.72. The van der Waals surface area contributed by atoms with Crippen LogP contribution in [0, 0.1) is 20.8 Å². The standard InChI is InChI=1S/C14H19NO4/c1-8-9(2)19-10(3)11(8)12(16)15-14(13(17)18)6-4-5-7-14/h4-7H2,1-3H3,(H,15,16)(H,17,18). The third-order valence-electron chi connectivity index (χ3n) is 4.01. The predicted molar refractivity (Wildman–Crippen MR) is 69.2 cm³/mol. The molecule has 0 saturated heterocycles. The zero-order valence-corrected chi connectivity index (χ0v) is 11.5. The molecule has 0 atom stereocenters. The topological polar surface area (TPSA) is 79.5 Å². The van der Waals surface area contributed by atoms with E-state index in [1.165, 1.54) is 0 Å². The molecule has 19 heavy (non-hydrogen) atoms. The summed E-state index contributed by atoms with van der Waals surface area (Å²) in [7, 11) is 0. The van der Waals surface area contributed by atoms with Gasteiger partial charge in [-0.1, -0.05) is 12.8 Å². The monoisotopic (exact) mass is 265 g/mol. The maximum Gasteiger partial charge on any atom is 0.329 e. The minimum absolute atomic E-state index is 0.351. The van der Waals surface area contributed by atoms with E-state index in [1.54, 1.807) is 13.8 Å². The van der Waals surface area contributed by atoms with Crippen LogP contribution in [-0.2, 0) is 4.79 Å². The first-order valence-corrected chi connectivity index (χ1v) is 6.50. The average Bonchev–Trinajstić information content (AvgIpc) is 2.86. The number of nitrogens with one attached hydrogen (secondary N) is 1. The van der Waals surface area contributed by atoms with Gasteiger partial charge in [0.15, 0.2) is 0 Å². The van der Waals surface area contributed by atoms with Gasteiger partial charge in [-0.15, -0.1) is 0 Å². The van der Waals surface area contributed by atoms with Crippen LogP contribution in [0.3, 0.4) is 0 Å². The molecule has 1 amide bonds. The van der Waals surface area contributed by atoms with Gasteiger partial charge in [0.1, 0.15) is 17.1 Å². The van der Waals surface area contributed by atoms with Crippen LogP contribution >= 0.6 is 0 Å². The minimum atomic E-state index is -1.11. The van der Waals surface area contributed by atoms with Gasteiger partial charge in [-0.05, 0) is 33.6 Å².